The van der Waals surface area contributed by atoms with E-state index in [0.717, 1.165) is 32.7 Å². The third-order valence-corrected chi connectivity index (χ3v) is 3.53. The van der Waals surface area contributed by atoms with Crippen LogP contribution in [-0.2, 0) is 9.59 Å². The van der Waals surface area contributed by atoms with Crippen molar-refractivity contribution in [2.75, 3.05) is 39.8 Å². The monoisotopic (exact) mass is 225 g/mol. The molecule has 0 aromatic heterocycles. The molecule has 5 heteroatoms. The van der Waals surface area contributed by atoms with Gasteiger partial charge in [-0.25, -0.2) is 0 Å². The van der Waals surface area contributed by atoms with Crippen molar-refractivity contribution in [3.05, 3.63) is 0 Å². The Morgan fingerprint density at radius 3 is 2.25 bits per heavy atom. The molecule has 0 aromatic carbocycles. The molecule has 2 heterocycles. The lowest BCUT2D eigenvalue weighted by Crippen LogP contribution is -2.58. The minimum atomic E-state index is -0.273. The summed E-state index contributed by atoms with van der Waals surface area (Å²) in [6.07, 6.45) is 0.598. The Bertz CT molecular complexity index is 298. The van der Waals surface area contributed by atoms with Crippen LogP contribution in [0.4, 0.5) is 0 Å². The molecule has 0 unspecified atom stereocenters. The standard InChI is InChI=1S/C11H19N3O2/c1-9(14-4-3-10(14)15)11(16)13-7-5-12(2)6-8-13/h9H,3-8H2,1-2H3/t9-/m1/s1. The highest BCUT2D eigenvalue weighted by molar-refractivity contribution is 5.90. The van der Waals surface area contributed by atoms with Crippen molar-refractivity contribution in [1.82, 2.24) is 14.7 Å². The Kier molecular flexibility index (Phi) is 3.14. The molecule has 2 fully saturated rings. The number of likely N-dealkylation sites (N-methyl/N-ethyl adjacent to an activating group) is 1. The van der Waals surface area contributed by atoms with Crippen LogP contribution in [0.3, 0.4) is 0 Å². The fourth-order valence-corrected chi connectivity index (χ4v) is 2.17. The summed E-state index contributed by atoms with van der Waals surface area (Å²) in [5.41, 5.74) is 0. The summed E-state index contributed by atoms with van der Waals surface area (Å²) < 4.78 is 0. The largest absolute Gasteiger partial charge is 0.338 e. The van der Waals surface area contributed by atoms with Crippen LogP contribution in [0.15, 0.2) is 0 Å². The van der Waals surface area contributed by atoms with Crippen LogP contribution in [0.1, 0.15) is 13.3 Å². The maximum absolute atomic E-state index is 12.1. The molecule has 2 amide bonds. The molecule has 0 N–H and O–H groups in total. The summed E-state index contributed by atoms with van der Waals surface area (Å²) in [6.45, 7) is 5.97. The Labute approximate surface area is 96.0 Å². The predicted molar refractivity (Wildman–Crippen MR) is 59.9 cm³/mol. The van der Waals surface area contributed by atoms with E-state index in [4.69, 9.17) is 0 Å². The quantitative estimate of drug-likeness (QED) is 0.588. The van der Waals surface area contributed by atoms with Gasteiger partial charge in [-0.1, -0.05) is 0 Å². The molecule has 0 aromatic rings. The van der Waals surface area contributed by atoms with Crippen molar-refractivity contribution >= 4 is 11.8 Å². The highest BCUT2D eigenvalue weighted by Gasteiger charge is 2.34. The van der Waals surface area contributed by atoms with E-state index in [0.29, 0.717) is 6.42 Å². The topological polar surface area (TPSA) is 43.9 Å². The molecule has 2 rings (SSSR count). The number of β-lactam (4-membered cyclic amide) rings is 1. The summed E-state index contributed by atoms with van der Waals surface area (Å²) in [5.74, 6) is 0.205. The third kappa shape index (κ3) is 2.04. The van der Waals surface area contributed by atoms with E-state index in [-0.39, 0.29) is 17.9 Å². The van der Waals surface area contributed by atoms with Crippen molar-refractivity contribution in [2.24, 2.45) is 0 Å². The smallest absolute Gasteiger partial charge is 0.245 e. The molecule has 2 aliphatic rings. The van der Waals surface area contributed by atoms with Crippen LogP contribution in [-0.4, -0.2) is 72.3 Å². The first-order valence-corrected chi connectivity index (χ1v) is 5.86. The number of piperazine rings is 1. The predicted octanol–water partition coefficient (Wildman–Crippen LogP) is -0.619. The van der Waals surface area contributed by atoms with E-state index < -0.39 is 0 Å². The van der Waals surface area contributed by atoms with Crippen LogP contribution < -0.4 is 0 Å². The maximum atomic E-state index is 12.1. The zero-order valence-corrected chi connectivity index (χ0v) is 9.98. The van der Waals surface area contributed by atoms with Crippen molar-refractivity contribution in [2.45, 2.75) is 19.4 Å². The Hall–Kier alpha value is -1.10. The normalized spacial score (nSPS) is 24.2. The molecule has 2 aliphatic heterocycles. The maximum Gasteiger partial charge on any atom is 0.245 e. The van der Waals surface area contributed by atoms with Crippen molar-refractivity contribution < 1.29 is 9.59 Å². The number of likely N-dealkylation sites (tertiary alicyclic amines) is 1. The molecule has 0 saturated carbocycles. The van der Waals surface area contributed by atoms with Gasteiger partial charge < -0.3 is 14.7 Å². The number of hydrogen-bond donors (Lipinski definition) is 0. The lowest BCUT2D eigenvalue weighted by Gasteiger charge is -2.40. The molecule has 0 aliphatic carbocycles. The SMILES string of the molecule is C[C@H](C(=O)N1CCN(C)CC1)N1CCC1=O. The average Bonchev–Trinajstić information content (AvgIpc) is 2.27. The van der Waals surface area contributed by atoms with Crippen LogP contribution in [0.5, 0.6) is 0 Å². The van der Waals surface area contributed by atoms with E-state index >= 15 is 0 Å². The van der Waals surface area contributed by atoms with Gasteiger partial charge in [-0.2, -0.15) is 0 Å². The molecule has 0 radical (unpaired) electrons. The molecule has 16 heavy (non-hydrogen) atoms. The fourth-order valence-electron chi connectivity index (χ4n) is 2.17. The minimum absolute atomic E-state index is 0.0983. The number of nitrogens with zero attached hydrogens (tertiary/aromatic N) is 3. The Morgan fingerprint density at radius 2 is 1.81 bits per heavy atom. The van der Waals surface area contributed by atoms with Crippen LogP contribution in [0.25, 0.3) is 0 Å². The van der Waals surface area contributed by atoms with Gasteiger partial charge in [-0.05, 0) is 14.0 Å². The molecule has 0 spiro atoms. The van der Waals surface area contributed by atoms with E-state index in [1.54, 1.807) is 4.90 Å². The van der Waals surface area contributed by atoms with Gasteiger partial charge in [0.05, 0.1) is 0 Å². The number of carbonyl (C=O) groups excluding carboxylic acids is 2. The zero-order chi connectivity index (χ0) is 11.7. The first-order chi connectivity index (χ1) is 7.59. The molecular formula is C11H19N3O2. The lowest BCUT2D eigenvalue weighted by atomic mass is 10.1. The second kappa shape index (κ2) is 4.41. The van der Waals surface area contributed by atoms with E-state index in [1.807, 2.05) is 11.8 Å². The second-order valence-corrected chi connectivity index (χ2v) is 4.64. The molecular weight excluding hydrogens is 206 g/mol. The highest BCUT2D eigenvalue weighted by atomic mass is 16.2. The van der Waals surface area contributed by atoms with Gasteiger partial charge in [0.1, 0.15) is 6.04 Å². The zero-order valence-electron chi connectivity index (χ0n) is 9.98. The van der Waals surface area contributed by atoms with Gasteiger partial charge in [0.15, 0.2) is 0 Å². The third-order valence-electron chi connectivity index (χ3n) is 3.53. The molecule has 1 atom stereocenters. The van der Waals surface area contributed by atoms with Gasteiger partial charge >= 0.3 is 0 Å². The van der Waals surface area contributed by atoms with Gasteiger partial charge in [0.2, 0.25) is 11.8 Å². The van der Waals surface area contributed by atoms with Gasteiger partial charge in [0, 0.05) is 39.1 Å². The summed E-state index contributed by atoms with van der Waals surface area (Å²) >= 11 is 0. The molecule has 0 bridgehead atoms. The lowest BCUT2D eigenvalue weighted by molar-refractivity contribution is -0.152. The fraction of sp³-hybridized carbons (Fsp3) is 0.818. The Morgan fingerprint density at radius 1 is 1.19 bits per heavy atom. The van der Waals surface area contributed by atoms with Crippen LogP contribution >= 0.6 is 0 Å². The van der Waals surface area contributed by atoms with Crippen molar-refractivity contribution in [3.63, 3.8) is 0 Å². The van der Waals surface area contributed by atoms with E-state index in [9.17, 15) is 9.59 Å². The summed E-state index contributed by atoms with van der Waals surface area (Å²) in [4.78, 5) is 29.1. The molecule has 90 valence electrons. The summed E-state index contributed by atoms with van der Waals surface area (Å²) in [7, 11) is 2.06. The number of rotatable bonds is 2. The number of hydrogen-bond acceptors (Lipinski definition) is 3. The first-order valence-electron chi connectivity index (χ1n) is 5.86. The van der Waals surface area contributed by atoms with Gasteiger partial charge in [-0.15, -0.1) is 0 Å². The summed E-state index contributed by atoms with van der Waals surface area (Å²) in [5, 5.41) is 0. The minimum Gasteiger partial charge on any atom is -0.338 e. The molecule has 2 saturated heterocycles. The van der Waals surface area contributed by atoms with Gasteiger partial charge in [-0.3, -0.25) is 9.59 Å². The summed E-state index contributed by atoms with van der Waals surface area (Å²) in [6, 6.07) is -0.273. The van der Waals surface area contributed by atoms with Crippen molar-refractivity contribution in [3.8, 4) is 0 Å². The van der Waals surface area contributed by atoms with Crippen molar-refractivity contribution in [1.29, 1.82) is 0 Å². The van der Waals surface area contributed by atoms with Gasteiger partial charge in [0.25, 0.3) is 0 Å². The first kappa shape index (κ1) is 11.4. The molecule has 5 nitrogen and oxygen atoms in total. The Balaban J connectivity index is 1.89. The average molecular weight is 225 g/mol. The van der Waals surface area contributed by atoms with Crippen LogP contribution in [0.2, 0.25) is 0 Å². The highest BCUT2D eigenvalue weighted by Crippen LogP contribution is 2.15. The number of carbonyl (C=O) groups is 2. The number of amides is 2. The van der Waals surface area contributed by atoms with E-state index in [1.165, 1.54) is 0 Å². The van der Waals surface area contributed by atoms with Crippen LogP contribution in [0, 0.1) is 0 Å². The van der Waals surface area contributed by atoms with E-state index in [2.05, 4.69) is 11.9 Å². The second-order valence-electron chi connectivity index (χ2n) is 4.64.